The average molecular weight is 333 g/mol. The fraction of sp³-hybridized carbons (Fsp3) is 0.200. The van der Waals surface area contributed by atoms with E-state index in [1.165, 1.54) is 0 Å². The Morgan fingerprint density at radius 3 is 2.68 bits per heavy atom. The van der Waals surface area contributed by atoms with E-state index in [-0.39, 0.29) is 6.03 Å². The van der Waals surface area contributed by atoms with Gasteiger partial charge in [0.25, 0.3) is 0 Å². The Morgan fingerprint density at radius 2 is 1.96 bits per heavy atom. The summed E-state index contributed by atoms with van der Waals surface area (Å²) < 4.78 is 5.29. The van der Waals surface area contributed by atoms with Crippen molar-refractivity contribution in [1.82, 2.24) is 10.5 Å². The van der Waals surface area contributed by atoms with E-state index >= 15 is 0 Å². The van der Waals surface area contributed by atoms with E-state index in [0.29, 0.717) is 13.1 Å². The molecule has 4 rings (SSSR count). The molecule has 0 saturated carbocycles. The molecule has 0 bridgehead atoms. The van der Waals surface area contributed by atoms with Crippen LogP contribution in [0.2, 0.25) is 0 Å². The minimum atomic E-state index is -0.0766. The van der Waals surface area contributed by atoms with Crippen molar-refractivity contribution in [2.45, 2.75) is 26.9 Å². The van der Waals surface area contributed by atoms with Gasteiger partial charge in [-0.2, -0.15) is 0 Å². The predicted octanol–water partition coefficient (Wildman–Crippen LogP) is 4.19. The number of rotatable bonds is 3. The first kappa shape index (κ1) is 15.4. The van der Waals surface area contributed by atoms with Crippen molar-refractivity contribution in [2.75, 3.05) is 4.90 Å². The summed E-state index contributed by atoms with van der Waals surface area (Å²) in [5, 5.41) is 6.98. The summed E-state index contributed by atoms with van der Waals surface area (Å²) in [6.45, 7) is 4.91. The van der Waals surface area contributed by atoms with E-state index in [4.69, 9.17) is 4.52 Å². The first-order valence-electron chi connectivity index (χ1n) is 8.29. The summed E-state index contributed by atoms with van der Waals surface area (Å²) in [6.07, 6.45) is 0. The maximum absolute atomic E-state index is 12.5. The van der Waals surface area contributed by atoms with Gasteiger partial charge in [0.2, 0.25) is 0 Å². The number of hydrogen-bond donors (Lipinski definition) is 1. The maximum Gasteiger partial charge on any atom is 0.322 e. The van der Waals surface area contributed by atoms with E-state index in [0.717, 1.165) is 39.4 Å². The van der Waals surface area contributed by atoms with Gasteiger partial charge in [-0.3, -0.25) is 4.90 Å². The first-order chi connectivity index (χ1) is 12.1. The molecule has 0 fully saturated rings. The van der Waals surface area contributed by atoms with Crippen molar-refractivity contribution in [2.24, 2.45) is 0 Å². The van der Waals surface area contributed by atoms with Crippen molar-refractivity contribution < 1.29 is 9.32 Å². The van der Waals surface area contributed by atoms with Crippen LogP contribution in [0.3, 0.4) is 0 Å². The summed E-state index contributed by atoms with van der Waals surface area (Å²) in [4.78, 5) is 14.3. The number of aromatic nitrogens is 1. The molecule has 0 unspecified atom stereocenters. The zero-order chi connectivity index (χ0) is 17.4. The monoisotopic (exact) mass is 333 g/mol. The number of amides is 2. The van der Waals surface area contributed by atoms with Gasteiger partial charge in [-0.15, -0.1) is 0 Å². The zero-order valence-electron chi connectivity index (χ0n) is 14.2. The van der Waals surface area contributed by atoms with Gasteiger partial charge in [0.1, 0.15) is 5.76 Å². The quantitative estimate of drug-likeness (QED) is 0.782. The van der Waals surface area contributed by atoms with Crippen molar-refractivity contribution in [3.63, 3.8) is 0 Å². The van der Waals surface area contributed by atoms with E-state index in [1.807, 2.05) is 44.2 Å². The molecule has 1 N–H and O–H groups in total. The summed E-state index contributed by atoms with van der Waals surface area (Å²) in [7, 11) is 0. The lowest BCUT2D eigenvalue weighted by Gasteiger charge is -2.30. The lowest BCUT2D eigenvalue weighted by Crippen LogP contribution is -2.43. The molecule has 0 aliphatic carbocycles. The molecule has 25 heavy (non-hydrogen) atoms. The van der Waals surface area contributed by atoms with Crippen LogP contribution in [0.1, 0.15) is 22.6 Å². The Labute approximate surface area is 146 Å². The Hall–Kier alpha value is -3.08. The molecule has 126 valence electrons. The van der Waals surface area contributed by atoms with Crippen LogP contribution in [-0.4, -0.2) is 11.2 Å². The fourth-order valence-electron chi connectivity index (χ4n) is 3.31. The van der Waals surface area contributed by atoms with Crippen LogP contribution >= 0.6 is 0 Å². The number of fused-ring (bicyclic) bond motifs is 1. The van der Waals surface area contributed by atoms with Gasteiger partial charge >= 0.3 is 6.03 Å². The molecule has 5 heteroatoms. The van der Waals surface area contributed by atoms with Crippen LogP contribution < -0.4 is 10.2 Å². The highest BCUT2D eigenvalue weighted by Crippen LogP contribution is 2.34. The summed E-state index contributed by atoms with van der Waals surface area (Å²) in [6, 6.07) is 16.1. The van der Waals surface area contributed by atoms with Crippen molar-refractivity contribution >= 4 is 11.7 Å². The largest absolute Gasteiger partial charge is 0.361 e. The Kier molecular flexibility index (Phi) is 3.76. The lowest BCUT2D eigenvalue weighted by atomic mass is 9.99. The van der Waals surface area contributed by atoms with Gasteiger partial charge < -0.3 is 9.84 Å². The molecule has 0 spiro atoms. The molecule has 1 aliphatic rings. The Bertz CT molecular complexity index is 912. The highest BCUT2D eigenvalue weighted by Gasteiger charge is 2.25. The summed E-state index contributed by atoms with van der Waals surface area (Å²) >= 11 is 0. The van der Waals surface area contributed by atoms with Gasteiger partial charge in [-0.1, -0.05) is 47.6 Å². The van der Waals surface area contributed by atoms with E-state index in [1.54, 1.807) is 4.90 Å². The van der Waals surface area contributed by atoms with Crippen LogP contribution in [0.25, 0.3) is 11.1 Å². The third-order valence-electron chi connectivity index (χ3n) is 4.56. The first-order valence-corrected chi connectivity index (χ1v) is 8.29. The second kappa shape index (κ2) is 6.09. The molecule has 3 aromatic rings. The van der Waals surface area contributed by atoms with Crippen molar-refractivity contribution in [3.8, 4) is 11.1 Å². The van der Waals surface area contributed by atoms with E-state index < -0.39 is 0 Å². The minimum absolute atomic E-state index is 0.0766. The van der Waals surface area contributed by atoms with Crippen molar-refractivity contribution in [3.05, 3.63) is 71.1 Å². The third kappa shape index (κ3) is 2.78. The van der Waals surface area contributed by atoms with Gasteiger partial charge in [-0.05, 0) is 36.6 Å². The molecule has 1 aromatic heterocycles. The second-order valence-electron chi connectivity index (χ2n) is 6.27. The SMILES string of the molecule is Cc1noc(C)c1-c1ccc2c(c1)N(Cc1ccccc1)C(=O)NC2. The number of benzene rings is 2. The number of nitrogens with zero attached hydrogens (tertiary/aromatic N) is 2. The number of nitrogens with one attached hydrogen (secondary N) is 1. The van der Waals surface area contributed by atoms with E-state index in [2.05, 4.69) is 28.7 Å². The fourth-order valence-corrected chi connectivity index (χ4v) is 3.31. The van der Waals surface area contributed by atoms with Crippen LogP contribution in [0, 0.1) is 13.8 Å². The van der Waals surface area contributed by atoms with Crippen LogP contribution in [0.5, 0.6) is 0 Å². The molecule has 5 nitrogen and oxygen atoms in total. The molecule has 0 radical (unpaired) electrons. The highest BCUT2D eigenvalue weighted by molar-refractivity contribution is 5.95. The van der Waals surface area contributed by atoms with Crippen LogP contribution in [0.4, 0.5) is 10.5 Å². The van der Waals surface area contributed by atoms with Gasteiger partial charge in [0.05, 0.1) is 17.9 Å². The molecule has 0 atom stereocenters. The normalized spacial score (nSPS) is 13.5. The molecule has 2 aromatic carbocycles. The smallest absolute Gasteiger partial charge is 0.322 e. The summed E-state index contributed by atoms with van der Waals surface area (Å²) in [5.41, 5.74) is 5.99. The number of aryl methyl sites for hydroxylation is 2. The Morgan fingerprint density at radius 1 is 1.16 bits per heavy atom. The predicted molar refractivity (Wildman–Crippen MR) is 96.3 cm³/mol. The van der Waals surface area contributed by atoms with Crippen molar-refractivity contribution in [1.29, 1.82) is 0 Å². The number of anilines is 1. The Balaban J connectivity index is 1.77. The second-order valence-corrected chi connectivity index (χ2v) is 6.27. The third-order valence-corrected chi connectivity index (χ3v) is 4.56. The van der Waals surface area contributed by atoms with Crippen LogP contribution in [0.15, 0.2) is 53.1 Å². The molecule has 2 amide bonds. The lowest BCUT2D eigenvalue weighted by molar-refractivity contribution is 0.244. The number of carbonyl (C=O) groups is 1. The topological polar surface area (TPSA) is 58.4 Å². The maximum atomic E-state index is 12.5. The molecule has 1 aliphatic heterocycles. The number of carbonyl (C=O) groups excluding carboxylic acids is 1. The van der Waals surface area contributed by atoms with Gasteiger partial charge in [0.15, 0.2) is 0 Å². The van der Waals surface area contributed by atoms with Gasteiger partial charge in [0, 0.05) is 12.1 Å². The standard InChI is InChI=1S/C20H19N3O2/c1-13-19(14(2)25-22-13)16-8-9-17-11-21-20(24)23(18(17)10-16)12-15-6-4-3-5-7-15/h3-10H,11-12H2,1-2H3,(H,21,24). The molecular formula is C20H19N3O2. The molecule has 2 heterocycles. The average Bonchev–Trinajstić information content (AvgIpc) is 2.96. The van der Waals surface area contributed by atoms with Crippen LogP contribution in [-0.2, 0) is 13.1 Å². The highest BCUT2D eigenvalue weighted by atomic mass is 16.5. The number of urea groups is 1. The number of hydrogen-bond acceptors (Lipinski definition) is 3. The van der Waals surface area contributed by atoms with Gasteiger partial charge in [-0.25, -0.2) is 4.79 Å². The van der Waals surface area contributed by atoms with E-state index in [9.17, 15) is 4.79 Å². The minimum Gasteiger partial charge on any atom is -0.361 e. The molecule has 0 saturated heterocycles. The summed E-state index contributed by atoms with van der Waals surface area (Å²) in [5.74, 6) is 0.785. The molecular weight excluding hydrogens is 314 g/mol. The zero-order valence-corrected chi connectivity index (χ0v) is 14.2.